The highest BCUT2D eigenvalue weighted by Gasteiger charge is 2.34. The third-order valence-electron chi connectivity index (χ3n) is 6.82. The number of anilines is 1. The molecule has 0 bridgehead atoms. The molecule has 1 saturated heterocycles. The van der Waals surface area contributed by atoms with Crippen molar-refractivity contribution in [2.75, 3.05) is 18.8 Å². The van der Waals surface area contributed by atoms with Gasteiger partial charge in [0.2, 0.25) is 0 Å². The Morgan fingerprint density at radius 3 is 2.66 bits per heavy atom. The van der Waals surface area contributed by atoms with Gasteiger partial charge in [0.25, 0.3) is 0 Å². The molecule has 9 nitrogen and oxygen atoms in total. The number of nitrogens with zero attached hydrogens (tertiary/aromatic N) is 6. The molecule has 0 saturated carbocycles. The van der Waals surface area contributed by atoms with Crippen LogP contribution < -0.4 is 5.73 Å². The van der Waals surface area contributed by atoms with E-state index in [1.54, 1.807) is 4.90 Å². The second-order valence-electron chi connectivity index (χ2n) is 11.0. The van der Waals surface area contributed by atoms with Crippen molar-refractivity contribution < 1.29 is 9.53 Å². The third kappa shape index (κ3) is 4.67. The van der Waals surface area contributed by atoms with Gasteiger partial charge in [0.05, 0.1) is 12.1 Å². The molecule has 0 radical (unpaired) electrons. The molecule has 0 atom stereocenters. The van der Waals surface area contributed by atoms with E-state index in [1.165, 1.54) is 11.9 Å². The number of hydrogen-bond acceptors (Lipinski definition) is 6. The number of hydrogen-bond donors (Lipinski definition) is 1. The van der Waals surface area contributed by atoms with Gasteiger partial charge in [-0.25, -0.2) is 14.3 Å². The smallest absolute Gasteiger partial charge is 0.410 e. The topological polar surface area (TPSA) is 104 Å². The summed E-state index contributed by atoms with van der Waals surface area (Å²) in [4.78, 5) is 18.4. The van der Waals surface area contributed by atoms with E-state index >= 15 is 0 Å². The first kappa shape index (κ1) is 24.0. The summed E-state index contributed by atoms with van der Waals surface area (Å²) < 4.78 is 9.35. The van der Waals surface area contributed by atoms with E-state index in [4.69, 9.17) is 15.6 Å². The number of fused-ring (bicyclic) bond motifs is 2. The van der Waals surface area contributed by atoms with Crippen LogP contribution in [0, 0.1) is 5.92 Å². The minimum absolute atomic E-state index is 0.263. The molecule has 2 N–H and O–H groups in total. The molecule has 38 heavy (non-hydrogen) atoms. The molecule has 1 aliphatic rings. The van der Waals surface area contributed by atoms with E-state index in [-0.39, 0.29) is 6.09 Å². The first-order valence-electron chi connectivity index (χ1n) is 12.8. The Labute approximate surface area is 220 Å². The average Bonchev–Trinajstić information content (AvgIpc) is 3.41. The SMILES string of the molecule is CC(C)(C)OC(=O)N1CC(Cc2cc(-c3ccc4cn(Cc5ccccc5)nc4c3)c3c(N)ncnn23)C1. The van der Waals surface area contributed by atoms with Crippen molar-refractivity contribution >= 4 is 28.3 Å². The van der Waals surface area contributed by atoms with Crippen LogP contribution in [0.2, 0.25) is 0 Å². The number of rotatable bonds is 5. The normalized spacial score (nSPS) is 14.2. The fourth-order valence-corrected chi connectivity index (χ4v) is 5.05. The summed E-state index contributed by atoms with van der Waals surface area (Å²) in [5.41, 5.74) is 11.8. The van der Waals surface area contributed by atoms with Gasteiger partial charge in [-0.2, -0.15) is 10.2 Å². The molecular weight excluding hydrogens is 478 g/mol. The predicted octanol–water partition coefficient (Wildman–Crippen LogP) is 4.79. The Balaban J connectivity index is 1.26. The maximum atomic E-state index is 12.4. The molecule has 0 unspecified atom stereocenters. The number of aromatic nitrogens is 5. The van der Waals surface area contributed by atoms with Gasteiger partial charge in [0, 0.05) is 35.9 Å². The molecule has 1 aliphatic heterocycles. The lowest BCUT2D eigenvalue weighted by Gasteiger charge is -2.39. The Kier molecular flexibility index (Phi) is 5.78. The fraction of sp³-hybridized carbons (Fsp3) is 0.310. The number of carbonyl (C=O) groups is 1. The van der Waals surface area contributed by atoms with E-state index < -0.39 is 5.60 Å². The zero-order chi connectivity index (χ0) is 26.4. The first-order chi connectivity index (χ1) is 18.2. The lowest BCUT2D eigenvalue weighted by molar-refractivity contribution is -0.00105. The van der Waals surface area contributed by atoms with Crippen molar-refractivity contribution in [3.8, 4) is 11.1 Å². The zero-order valence-electron chi connectivity index (χ0n) is 21.8. The molecule has 194 valence electrons. The number of benzene rings is 2. The van der Waals surface area contributed by atoms with Crippen molar-refractivity contribution in [3.63, 3.8) is 0 Å². The minimum atomic E-state index is -0.498. The maximum absolute atomic E-state index is 12.4. The third-order valence-corrected chi connectivity index (χ3v) is 6.82. The van der Waals surface area contributed by atoms with E-state index in [9.17, 15) is 4.79 Å². The van der Waals surface area contributed by atoms with Gasteiger partial charge in [-0.15, -0.1) is 0 Å². The summed E-state index contributed by atoms with van der Waals surface area (Å²) in [5, 5.41) is 10.4. The summed E-state index contributed by atoms with van der Waals surface area (Å²) in [6, 6.07) is 18.7. The molecule has 4 heterocycles. The number of nitrogen functional groups attached to an aromatic ring is 1. The molecule has 3 aromatic heterocycles. The van der Waals surface area contributed by atoms with Gasteiger partial charge in [-0.05, 0) is 56.4 Å². The summed E-state index contributed by atoms with van der Waals surface area (Å²) >= 11 is 0. The number of ether oxygens (including phenoxy) is 1. The number of amides is 1. The van der Waals surface area contributed by atoms with Crippen LogP contribution in [0.1, 0.15) is 32.0 Å². The van der Waals surface area contributed by atoms with Crippen molar-refractivity contribution in [1.82, 2.24) is 29.3 Å². The Bertz CT molecular complexity index is 1630. The largest absolute Gasteiger partial charge is 0.444 e. The highest BCUT2D eigenvalue weighted by atomic mass is 16.6. The maximum Gasteiger partial charge on any atom is 0.410 e. The zero-order valence-corrected chi connectivity index (χ0v) is 21.8. The van der Waals surface area contributed by atoms with Crippen LogP contribution in [0.3, 0.4) is 0 Å². The highest BCUT2D eigenvalue weighted by Crippen LogP contribution is 2.34. The van der Waals surface area contributed by atoms with Gasteiger partial charge < -0.3 is 15.4 Å². The van der Waals surface area contributed by atoms with Crippen molar-refractivity contribution in [2.24, 2.45) is 5.92 Å². The molecule has 1 amide bonds. The van der Waals surface area contributed by atoms with Gasteiger partial charge in [-0.3, -0.25) is 4.68 Å². The quantitative estimate of drug-likeness (QED) is 0.366. The Morgan fingerprint density at radius 2 is 1.89 bits per heavy atom. The average molecular weight is 510 g/mol. The summed E-state index contributed by atoms with van der Waals surface area (Å²) in [7, 11) is 0. The van der Waals surface area contributed by atoms with Gasteiger partial charge in [-0.1, -0.05) is 42.5 Å². The van der Waals surface area contributed by atoms with Crippen LogP contribution in [0.5, 0.6) is 0 Å². The summed E-state index contributed by atoms with van der Waals surface area (Å²) in [5.74, 6) is 0.751. The van der Waals surface area contributed by atoms with Crippen molar-refractivity contribution in [1.29, 1.82) is 0 Å². The van der Waals surface area contributed by atoms with Crippen LogP contribution in [0.4, 0.5) is 10.6 Å². The van der Waals surface area contributed by atoms with Crippen LogP contribution in [0.15, 0.2) is 67.1 Å². The fourth-order valence-electron chi connectivity index (χ4n) is 5.05. The molecule has 9 heteroatoms. The monoisotopic (exact) mass is 509 g/mol. The molecule has 0 aliphatic carbocycles. The standard InChI is InChI=1S/C29H31N7O2/c1-29(2,3)38-28(37)34-14-20(15-34)11-23-13-24(26-27(30)31-18-32-36(23)26)21-9-10-22-17-35(33-25(22)12-21)16-19-7-5-4-6-8-19/h4-10,12-13,17-18,20H,11,14-16H2,1-3H3,(H2,30,31,32). The predicted molar refractivity (Wildman–Crippen MR) is 147 cm³/mol. The Hall–Kier alpha value is -4.40. The lowest BCUT2D eigenvalue weighted by Crippen LogP contribution is -2.52. The van der Waals surface area contributed by atoms with Crippen LogP contribution in [0.25, 0.3) is 27.5 Å². The van der Waals surface area contributed by atoms with Crippen LogP contribution in [-0.2, 0) is 17.7 Å². The summed E-state index contributed by atoms with van der Waals surface area (Å²) in [6.07, 6.45) is 4.06. The van der Waals surface area contributed by atoms with E-state index in [0.29, 0.717) is 31.4 Å². The highest BCUT2D eigenvalue weighted by molar-refractivity contribution is 5.92. The van der Waals surface area contributed by atoms with Gasteiger partial charge in [0.15, 0.2) is 5.82 Å². The van der Waals surface area contributed by atoms with Crippen molar-refractivity contribution in [2.45, 2.75) is 39.3 Å². The van der Waals surface area contributed by atoms with Gasteiger partial charge >= 0.3 is 6.09 Å². The van der Waals surface area contributed by atoms with E-state index in [2.05, 4.69) is 52.7 Å². The molecule has 6 rings (SSSR count). The molecule has 5 aromatic rings. The molecule has 2 aromatic carbocycles. The number of nitrogens with two attached hydrogens (primary N) is 1. The Morgan fingerprint density at radius 1 is 1.11 bits per heavy atom. The molecular formula is C29H31N7O2. The summed E-state index contributed by atoms with van der Waals surface area (Å²) in [6.45, 7) is 7.67. The van der Waals surface area contributed by atoms with E-state index in [0.717, 1.165) is 39.7 Å². The number of carbonyl (C=O) groups excluding carboxylic acids is 1. The molecule has 1 fully saturated rings. The minimum Gasteiger partial charge on any atom is -0.444 e. The second-order valence-corrected chi connectivity index (χ2v) is 11.0. The van der Waals surface area contributed by atoms with Gasteiger partial charge in [0.1, 0.15) is 17.4 Å². The second kappa shape index (κ2) is 9.16. The lowest BCUT2D eigenvalue weighted by atomic mass is 9.95. The number of likely N-dealkylation sites (tertiary alicyclic amines) is 1. The van der Waals surface area contributed by atoms with Crippen LogP contribution >= 0.6 is 0 Å². The van der Waals surface area contributed by atoms with Crippen LogP contribution in [-0.4, -0.2) is 54.1 Å². The van der Waals surface area contributed by atoms with Crippen molar-refractivity contribution in [3.05, 3.63) is 78.4 Å². The first-order valence-corrected chi connectivity index (χ1v) is 12.8. The molecule has 0 spiro atoms. The van der Waals surface area contributed by atoms with E-state index in [1.807, 2.05) is 48.2 Å².